The van der Waals surface area contributed by atoms with Crippen LogP contribution in [0.15, 0.2) is 0 Å². The molecule has 356 valence electrons. The van der Waals surface area contributed by atoms with E-state index in [1.54, 1.807) is 0 Å². The maximum atomic E-state index is 12.8. The number of carbonyl (C=O) groups is 3. The Morgan fingerprint density at radius 2 is 0.633 bits per heavy atom. The number of esters is 3. The quantitative estimate of drug-likeness (QED) is 0.0345. The molecule has 0 aromatic rings. The molecule has 0 rings (SSSR count). The number of unbranched alkanes of at least 4 members (excludes halogenated alkanes) is 32. The van der Waals surface area contributed by atoms with E-state index in [1.807, 2.05) is 0 Å². The predicted octanol–water partition coefficient (Wildman–Crippen LogP) is 17.3. The first-order chi connectivity index (χ1) is 29.3. The van der Waals surface area contributed by atoms with E-state index in [1.165, 1.54) is 186 Å². The first kappa shape index (κ1) is 58.4. The number of ether oxygens (including phenoxy) is 3. The molecule has 0 saturated carbocycles. The van der Waals surface area contributed by atoms with Crippen molar-refractivity contribution in [3.8, 4) is 0 Å². The van der Waals surface area contributed by atoms with Gasteiger partial charge in [0, 0.05) is 19.3 Å². The summed E-state index contributed by atoms with van der Waals surface area (Å²) in [5.74, 6) is 0.849. The first-order valence-corrected chi connectivity index (χ1v) is 26.8. The van der Waals surface area contributed by atoms with Crippen molar-refractivity contribution in [2.75, 3.05) is 13.2 Å². The summed E-state index contributed by atoms with van der Waals surface area (Å²) in [6, 6.07) is 0. The minimum absolute atomic E-state index is 0.0634. The van der Waals surface area contributed by atoms with Crippen molar-refractivity contribution in [3.63, 3.8) is 0 Å². The number of hydrogen-bond acceptors (Lipinski definition) is 6. The van der Waals surface area contributed by atoms with Crippen molar-refractivity contribution in [1.29, 1.82) is 0 Å². The zero-order valence-corrected chi connectivity index (χ0v) is 41.1. The Labute approximate surface area is 374 Å². The summed E-state index contributed by atoms with van der Waals surface area (Å²) >= 11 is 0. The highest BCUT2D eigenvalue weighted by atomic mass is 16.6. The summed E-state index contributed by atoms with van der Waals surface area (Å²) in [7, 11) is 0. The average Bonchev–Trinajstić information content (AvgIpc) is 3.23. The molecule has 0 N–H and O–H groups in total. The van der Waals surface area contributed by atoms with Crippen LogP contribution in [0, 0.1) is 11.8 Å². The largest absolute Gasteiger partial charge is 0.462 e. The third kappa shape index (κ3) is 45.9. The van der Waals surface area contributed by atoms with Gasteiger partial charge in [-0.05, 0) is 31.1 Å². The number of carbonyl (C=O) groups excluding carboxylic acids is 3. The third-order valence-electron chi connectivity index (χ3n) is 12.6. The Morgan fingerprint density at radius 3 is 0.950 bits per heavy atom. The van der Waals surface area contributed by atoms with Gasteiger partial charge in [-0.2, -0.15) is 0 Å². The number of hydrogen-bond donors (Lipinski definition) is 0. The van der Waals surface area contributed by atoms with Crippen LogP contribution in [0.5, 0.6) is 0 Å². The van der Waals surface area contributed by atoms with Crippen LogP contribution < -0.4 is 0 Å². The zero-order valence-electron chi connectivity index (χ0n) is 41.1. The van der Waals surface area contributed by atoms with E-state index in [2.05, 4.69) is 34.6 Å². The van der Waals surface area contributed by atoms with E-state index in [0.29, 0.717) is 19.3 Å². The molecular weight excluding hydrogens is 745 g/mol. The van der Waals surface area contributed by atoms with Crippen molar-refractivity contribution in [2.45, 2.75) is 304 Å². The van der Waals surface area contributed by atoms with Gasteiger partial charge in [0.15, 0.2) is 6.10 Å². The standard InChI is InChI=1S/C54H104O6/c1-6-8-9-10-11-12-13-14-15-18-24-29-34-39-44-52(55)58-47-51(60-54(57)46-41-36-31-26-19-16-17-22-27-32-37-42-49(3)4)48-59-53(56)45-40-35-30-25-21-20-23-28-33-38-43-50(5)7-2/h49-51H,6-48H2,1-5H3/t50?,51-/m0/s1. The van der Waals surface area contributed by atoms with E-state index in [0.717, 1.165) is 69.6 Å². The van der Waals surface area contributed by atoms with Crippen molar-refractivity contribution in [3.05, 3.63) is 0 Å². The van der Waals surface area contributed by atoms with Crippen LogP contribution in [0.4, 0.5) is 0 Å². The van der Waals surface area contributed by atoms with Gasteiger partial charge in [0.05, 0.1) is 0 Å². The lowest BCUT2D eigenvalue weighted by Gasteiger charge is -2.18. The molecule has 0 aliphatic rings. The van der Waals surface area contributed by atoms with Crippen LogP contribution in [0.25, 0.3) is 0 Å². The van der Waals surface area contributed by atoms with E-state index in [9.17, 15) is 14.4 Å². The first-order valence-electron chi connectivity index (χ1n) is 26.8. The Kier molecular flexibility index (Phi) is 45.7. The molecule has 0 fully saturated rings. The number of rotatable bonds is 48. The molecule has 0 saturated heterocycles. The molecule has 0 aliphatic carbocycles. The summed E-state index contributed by atoms with van der Waals surface area (Å²) in [6.07, 6.45) is 47.9. The van der Waals surface area contributed by atoms with Crippen molar-refractivity contribution >= 4 is 17.9 Å². The van der Waals surface area contributed by atoms with E-state index < -0.39 is 6.10 Å². The molecule has 0 spiro atoms. The van der Waals surface area contributed by atoms with Crippen LogP contribution in [0.1, 0.15) is 298 Å². The Morgan fingerprint density at radius 1 is 0.350 bits per heavy atom. The fourth-order valence-corrected chi connectivity index (χ4v) is 8.13. The van der Waals surface area contributed by atoms with Crippen LogP contribution in [-0.2, 0) is 28.6 Å². The van der Waals surface area contributed by atoms with Gasteiger partial charge in [-0.3, -0.25) is 14.4 Å². The molecule has 2 atom stereocenters. The van der Waals surface area contributed by atoms with Gasteiger partial charge in [0.1, 0.15) is 13.2 Å². The molecule has 0 amide bonds. The highest BCUT2D eigenvalue weighted by Gasteiger charge is 2.19. The minimum Gasteiger partial charge on any atom is -0.462 e. The maximum absolute atomic E-state index is 12.8. The Hall–Kier alpha value is -1.59. The van der Waals surface area contributed by atoms with Gasteiger partial charge in [-0.1, -0.05) is 259 Å². The smallest absolute Gasteiger partial charge is 0.306 e. The topological polar surface area (TPSA) is 78.9 Å². The molecule has 60 heavy (non-hydrogen) atoms. The van der Waals surface area contributed by atoms with Gasteiger partial charge in [0.25, 0.3) is 0 Å². The van der Waals surface area contributed by atoms with Gasteiger partial charge in [-0.25, -0.2) is 0 Å². The van der Waals surface area contributed by atoms with Crippen LogP contribution in [0.2, 0.25) is 0 Å². The molecule has 0 radical (unpaired) electrons. The maximum Gasteiger partial charge on any atom is 0.306 e. The normalized spacial score (nSPS) is 12.5. The minimum atomic E-state index is -0.762. The Bertz CT molecular complexity index is 918. The van der Waals surface area contributed by atoms with Crippen LogP contribution >= 0.6 is 0 Å². The van der Waals surface area contributed by atoms with Crippen molar-refractivity contribution in [2.24, 2.45) is 11.8 Å². The molecule has 6 nitrogen and oxygen atoms in total. The molecular formula is C54H104O6. The molecule has 0 aromatic carbocycles. The van der Waals surface area contributed by atoms with E-state index >= 15 is 0 Å². The molecule has 0 aromatic heterocycles. The second kappa shape index (κ2) is 46.9. The lowest BCUT2D eigenvalue weighted by Crippen LogP contribution is -2.30. The molecule has 0 bridgehead atoms. The van der Waals surface area contributed by atoms with Crippen LogP contribution in [0.3, 0.4) is 0 Å². The van der Waals surface area contributed by atoms with Gasteiger partial charge in [0.2, 0.25) is 0 Å². The third-order valence-corrected chi connectivity index (χ3v) is 12.6. The van der Waals surface area contributed by atoms with Crippen molar-refractivity contribution in [1.82, 2.24) is 0 Å². The molecule has 0 aliphatic heterocycles. The monoisotopic (exact) mass is 849 g/mol. The zero-order chi connectivity index (χ0) is 44.0. The second-order valence-corrected chi connectivity index (χ2v) is 19.2. The highest BCUT2D eigenvalue weighted by Crippen LogP contribution is 2.18. The molecule has 6 heteroatoms. The lowest BCUT2D eigenvalue weighted by molar-refractivity contribution is -0.167. The summed E-state index contributed by atoms with van der Waals surface area (Å²) < 4.78 is 16.8. The summed E-state index contributed by atoms with van der Waals surface area (Å²) in [5.41, 5.74) is 0. The summed E-state index contributed by atoms with van der Waals surface area (Å²) in [5, 5.41) is 0. The van der Waals surface area contributed by atoms with E-state index in [-0.39, 0.29) is 31.1 Å². The van der Waals surface area contributed by atoms with Crippen molar-refractivity contribution < 1.29 is 28.6 Å². The van der Waals surface area contributed by atoms with E-state index in [4.69, 9.17) is 14.2 Å². The second-order valence-electron chi connectivity index (χ2n) is 19.2. The lowest BCUT2D eigenvalue weighted by atomic mass is 9.99. The van der Waals surface area contributed by atoms with Gasteiger partial charge in [-0.15, -0.1) is 0 Å². The van der Waals surface area contributed by atoms with Gasteiger partial charge >= 0.3 is 17.9 Å². The fourth-order valence-electron chi connectivity index (χ4n) is 8.13. The highest BCUT2D eigenvalue weighted by molar-refractivity contribution is 5.71. The average molecular weight is 849 g/mol. The van der Waals surface area contributed by atoms with Crippen LogP contribution in [-0.4, -0.2) is 37.2 Å². The molecule has 0 heterocycles. The summed E-state index contributed by atoms with van der Waals surface area (Å²) in [6.45, 7) is 11.4. The van der Waals surface area contributed by atoms with Gasteiger partial charge < -0.3 is 14.2 Å². The fraction of sp³-hybridized carbons (Fsp3) is 0.944. The summed E-state index contributed by atoms with van der Waals surface area (Å²) in [4.78, 5) is 38.0. The molecule has 1 unspecified atom stereocenters. The Balaban J connectivity index is 4.33. The SMILES string of the molecule is CCCCCCCCCCCCCCCCC(=O)OC[C@@H](COC(=O)CCCCCCCCCCCCC(C)CC)OC(=O)CCCCCCCCCCCCCC(C)C. The predicted molar refractivity (Wildman–Crippen MR) is 256 cm³/mol.